The monoisotopic (exact) mass is 444 g/mol. The van der Waals surface area contributed by atoms with Gasteiger partial charge in [0, 0.05) is 23.7 Å². The van der Waals surface area contributed by atoms with Gasteiger partial charge >= 0.3 is 0 Å². The summed E-state index contributed by atoms with van der Waals surface area (Å²) in [6, 6.07) is 15.1. The number of carbonyl (C=O) groups is 1. The van der Waals surface area contributed by atoms with Crippen LogP contribution in [-0.4, -0.2) is 37.6 Å². The van der Waals surface area contributed by atoms with Crippen molar-refractivity contribution in [2.75, 3.05) is 16.6 Å². The second-order valence-corrected chi connectivity index (χ2v) is 10.3. The van der Waals surface area contributed by atoms with Gasteiger partial charge in [-0.2, -0.15) is 0 Å². The molecule has 1 heterocycles. The van der Waals surface area contributed by atoms with Crippen LogP contribution in [0.15, 0.2) is 54.6 Å². The second kappa shape index (κ2) is 8.44. The summed E-state index contributed by atoms with van der Waals surface area (Å²) in [6.07, 6.45) is 6.09. The van der Waals surface area contributed by atoms with Crippen molar-refractivity contribution in [3.05, 3.63) is 70.8 Å². The molecule has 2 aliphatic rings. The van der Waals surface area contributed by atoms with Gasteiger partial charge in [0.25, 0.3) is 0 Å². The van der Waals surface area contributed by atoms with Crippen LogP contribution in [0.25, 0.3) is 6.08 Å². The summed E-state index contributed by atoms with van der Waals surface area (Å²) in [6.45, 7) is 2.56. The number of hydrogen-bond donors (Lipinski definition) is 0. The predicted molar refractivity (Wildman–Crippen MR) is 121 cm³/mol. The SMILES string of the molecule is CC(c1ccc(Cl)cc1)N(C(=O)/C=C/c1ccc(N2CCCS2(=O)=O)cc1)C1CC1. The van der Waals surface area contributed by atoms with Crippen molar-refractivity contribution in [1.29, 1.82) is 0 Å². The van der Waals surface area contributed by atoms with E-state index in [4.69, 9.17) is 11.6 Å². The van der Waals surface area contributed by atoms with Gasteiger partial charge < -0.3 is 4.90 Å². The normalized spacial score (nSPS) is 19.2. The first kappa shape index (κ1) is 20.9. The summed E-state index contributed by atoms with van der Waals surface area (Å²) in [5.74, 6) is 0.178. The minimum Gasteiger partial charge on any atom is -0.329 e. The summed E-state index contributed by atoms with van der Waals surface area (Å²) in [5, 5.41) is 0.681. The average Bonchev–Trinajstić information content (AvgIpc) is 3.49. The lowest BCUT2D eigenvalue weighted by atomic mass is 10.1. The first-order chi connectivity index (χ1) is 14.3. The van der Waals surface area contributed by atoms with Crippen molar-refractivity contribution in [2.24, 2.45) is 0 Å². The molecule has 2 aromatic carbocycles. The Morgan fingerprint density at radius 1 is 1.13 bits per heavy atom. The van der Waals surface area contributed by atoms with Crippen LogP contribution in [0, 0.1) is 0 Å². The molecule has 158 valence electrons. The number of carbonyl (C=O) groups excluding carboxylic acids is 1. The number of halogens is 1. The molecule has 0 bridgehead atoms. The highest BCUT2D eigenvalue weighted by molar-refractivity contribution is 7.93. The molecule has 2 fully saturated rings. The smallest absolute Gasteiger partial charge is 0.247 e. The van der Waals surface area contributed by atoms with Crippen LogP contribution in [0.5, 0.6) is 0 Å². The molecule has 1 saturated carbocycles. The Balaban J connectivity index is 1.47. The van der Waals surface area contributed by atoms with Crippen molar-refractivity contribution in [1.82, 2.24) is 4.90 Å². The summed E-state index contributed by atoms with van der Waals surface area (Å²) in [5.41, 5.74) is 2.59. The molecule has 7 heteroatoms. The number of anilines is 1. The van der Waals surface area contributed by atoms with Crippen LogP contribution in [0.3, 0.4) is 0 Å². The zero-order valence-electron chi connectivity index (χ0n) is 16.9. The topological polar surface area (TPSA) is 57.7 Å². The number of sulfonamides is 1. The summed E-state index contributed by atoms with van der Waals surface area (Å²) >= 11 is 5.99. The first-order valence-electron chi connectivity index (χ1n) is 10.2. The third-order valence-electron chi connectivity index (χ3n) is 5.66. The van der Waals surface area contributed by atoms with Crippen molar-refractivity contribution >= 4 is 39.3 Å². The van der Waals surface area contributed by atoms with E-state index in [-0.39, 0.29) is 23.7 Å². The van der Waals surface area contributed by atoms with Crippen molar-refractivity contribution < 1.29 is 13.2 Å². The molecule has 0 N–H and O–H groups in total. The summed E-state index contributed by atoms with van der Waals surface area (Å²) in [7, 11) is -3.18. The Bertz CT molecular complexity index is 1040. The van der Waals surface area contributed by atoms with E-state index in [1.165, 1.54) is 4.31 Å². The molecule has 30 heavy (non-hydrogen) atoms. The number of rotatable bonds is 6. The van der Waals surface area contributed by atoms with E-state index in [0.717, 1.165) is 24.0 Å². The van der Waals surface area contributed by atoms with Crippen LogP contribution >= 0.6 is 11.6 Å². The Morgan fingerprint density at radius 3 is 2.37 bits per heavy atom. The van der Waals surface area contributed by atoms with E-state index >= 15 is 0 Å². The molecule has 0 spiro atoms. The zero-order valence-corrected chi connectivity index (χ0v) is 18.4. The lowest BCUT2D eigenvalue weighted by Gasteiger charge is -2.29. The largest absolute Gasteiger partial charge is 0.329 e. The maximum atomic E-state index is 13.0. The van der Waals surface area contributed by atoms with E-state index in [2.05, 4.69) is 0 Å². The fraction of sp³-hybridized carbons (Fsp3) is 0.348. The Labute approximate surface area is 183 Å². The van der Waals surface area contributed by atoms with Crippen molar-refractivity contribution in [3.63, 3.8) is 0 Å². The van der Waals surface area contributed by atoms with Gasteiger partial charge in [-0.3, -0.25) is 9.10 Å². The lowest BCUT2D eigenvalue weighted by Crippen LogP contribution is -2.34. The number of nitrogens with zero attached hydrogens (tertiary/aromatic N) is 2. The molecule has 1 aliphatic carbocycles. The summed E-state index contributed by atoms with van der Waals surface area (Å²) < 4.78 is 25.6. The molecule has 0 radical (unpaired) electrons. The Kier molecular flexibility index (Phi) is 5.89. The van der Waals surface area contributed by atoms with E-state index in [0.29, 0.717) is 23.7 Å². The lowest BCUT2D eigenvalue weighted by molar-refractivity contribution is -0.128. The molecule has 1 atom stereocenters. The van der Waals surface area contributed by atoms with Gasteiger partial charge in [0.15, 0.2) is 0 Å². The fourth-order valence-electron chi connectivity index (χ4n) is 3.88. The van der Waals surface area contributed by atoms with E-state index in [1.807, 2.05) is 48.2 Å². The molecular weight excluding hydrogens is 420 g/mol. The third kappa shape index (κ3) is 4.55. The van der Waals surface area contributed by atoms with Crippen molar-refractivity contribution in [2.45, 2.75) is 38.3 Å². The maximum Gasteiger partial charge on any atom is 0.247 e. The molecular formula is C23H25ClN2O3S. The fourth-order valence-corrected chi connectivity index (χ4v) is 5.57. The minimum atomic E-state index is -3.18. The van der Waals surface area contributed by atoms with Crippen molar-refractivity contribution in [3.8, 4) is 0 Å². The molecule has 1 saturated heterocycles. The van der Waals surface area contributed by atoms with Gasteiger partial charge in [0.05, 0.1) is 17.5 Å². The van der Waals surface area contributed by atoms with Gasteiger partial charge in [-0.15, -0.1) is 0 Å². The van der Waals surface area contributed by atoms with Gasteiger partial charge in [-0.25, -0.2) is 8.42 Å². The predicted octanol–water partition coefficient (Wildman–Crippen LogP) is 4.65. The highest BCUT2D eigenvalue weighted by Crippen LogP contribution is 2.35. The van der Waals surface area contributed by atoms with Crippen LogP contribution in [0.2, 0.25) is 5.02 Å². The molecule has 1 aliphatic heterocycles. The molecule has 1 amide bonds. The summed E-state index contributed by atoms with van der Waals surface area (Å²) in [4.78, 5) is 14.9. The quantitative estimate of drug-likeness (QED) is 0.609. The average molecular weight is 445 g/mol. The molecule has 5 nitrogen and oxygen atoms in total. The van der Waals surface area contributed by atoms with Gasteiger partial charge in [0.1, 0.15) is 0 Å². The number of benzene rings is 2. The second-order valence-electron chi connectivity index (χ2n) is 7.87. The Morgan fingerprint density at radius 2 is 1.80 bits per heavy atom. The Hall–Kier alpha value is -2.31. The van der Waals surface area contributed by atoms with E-state index < -0.39 is 10.0 Å². The number of amides is 1. The zero-order chi connectivity index (χ0) is 21.3. The van der Waals surface area contributed by atoms with Gasteiger partial charge in [-0.1, -0.05) is 35.9 Å². The molecule has 0 aromatic heterocycles. The standard InChI is InChI=1S/C23H25ClN2O3S/c1-17(19-6-8-20(24)9-7-19)26(22-12-13-22)23(27)14-5-18-3-10-21(11-4-18)25-15-2-16-30(25,28)29/h3-11,14,17,22H,2,12-13,15-16H2,1H3/b14-5+. The van der Waals surface area contributed by atoms with Gasteiger partial charge in [-0.05, 0) is 67.7 Å². The molecule has 2 aromatic rings. The van der Waals surface area contributed by atoms with E-state index in [9.17, 15) is 13.2 Å². The highest BCUT2D eigenvalue weighted by Gasteiger charge is 2.35. The van der Waals surface area contributed by atoms with Crippen LogP contribution in [0.1, 0.15) is 43.4 Å². The highest BCUT2D eigenvalue weighted by atomic mass is 35.5. The molecule has 1 unspecified atom stereocenters. The molecule has 4 rings (SSSR count). The van der Waals surface area contributed by atoms with Crippen LogP contribution in [-0.2, 0) is 14.8 Å². The third-order valence-corrected chi connectivity index (χ3v) is 7.78. The van der Waals surface area contributed by atoms with Gasteiger partial charge in [0.2, 0.25) is 15.9 Å². The van der Waals surface area contributed by atoms with Crippen LogP contribution in [0.4, 0.5) is 5.69 Å². The first-order valence-corrected chi connectivity index (χ1v) is 12.2. The maximum absolute atomic E-state index is 13.0. The van der Waals surface area contributed by atoms with E-state index in [1.54, 1.807) is 24.3 Å². The van der Waals surface area contributed by atoms with Crippen LogP contribution < -0.4 is 4.31 Å². The number of hydrogen-bond acceptors (Lipinski definition) is 3. The minimum absolute atomic E-state index is 0.0221.